The van der Waals surface area contributed by atoms with E-state index in [2.05, 4.69) is 23.9 Å². The fourth-order valence-corrected chi connectivity index (χ4v) is 4.46. The van der Waals surface area contributed by atoms with Crippen LogP contribution in [0.5, 0.6) is 0 Å². The fourth-order valence-electron chi connectivity index (χ4n) is 4.46. The van der Waals surface area contributed by atoms with Crippen LogP contribution in [0.2, 0.25) is 0 Å². The van der Waals surface area contributed by atoms with Gasteiger partial charge in [0, 0.05) is 31.6 Å². The zero-order chi connectivity index (χ0) is 17.8. The number of fused-ring (bicyclic) bond motifs is 2. The van der Waals surface area contributed by atoms with Crippen molar-refractivity contribution in [2.45, 2.75) is 13.5 Å². The zero-order valence-electron chi connectivity index (χ0n) is 14.5. The number of carbonyl (C=O) groups excluding carboxylic acids is 1. The third-order valence-corrected chi connectivity index (χ3v) is 5.69. The molecule has 0 unspecified atom stereocenters. The fraction of sp³-hybridized carbons (Fsp3) is 0.500. The van der Waals surface area contributed by atoms with E-state index in [0.717, 1.165) is 26.2 Å². The molecule has 1 aromatic carbocycles. The largest absolute Gasteiger partial charge is 0.340 e. The van der Waals surface area contributed by atoms with Crippen LogP contribution in [0.1, 0.15) is 6.92 Å². The van der Waals surface area contributed by atoms with Crippen molar-refractivity contribution in [3.63, 3.8) is 0 Å². The van der Waals surface area contributed by atoms with E-state index in [1.165, 1.54) is 4.57 Å². The molecule has 7 heteroatoms. The number of carbonyl (C=O) groups is 1. The van der Waals surface area contributed by atoms with E-state index in [0.29, 0.717) is 16.8 Å². The lowest BCUT2D eigenvalue weighted by atomic mass is 9.83. The molecule has 0 bridgehead atoms. The number of amides is 1. The van der Waals surface area contributed by atoms with E-state index in [4.69, 9.17) is 0 Å². The monoisotopic (exact) mass is 342 g/mol. The quantitative estimate of drug-likeness (QED) is 0.840. The van der Waals surface area contributed by atoms with Crippen LogP contribution in [0.15, 0.2) is 33.9 Å². The maximum Gasteiger partial charge on any atom is 0.329 e. The Morgan fingerprint density at radius 1 is 1.24 bits per heavy atom. The molecule has 132 valence electrons. The highest BCUT2D eigenvalue weighted by Gasteiger charge is 2.49. The summed E-state index contributed by atoms with van der Waals surface area (Å²) in [6.45, 7) is 5.63. The first kappa shape index (κ1) is 16.1. The van der Waals surface area contributed by atoms with Gasteiger partial charge in [0.15, 0.2) is 0 Å². The van der Waals surface area contributed by atoms with Crippen molar-refractivity contribution in [2.24, 2.45) is 11.3 Å². The smallest absolute Gasteiger partial charge is 0.329 e. The number of likely N-dealkylation sites (tertiary alicyclic amines) is 2. The number of nitrogens with one attached hydrogen (secondary N) is 1. The molecule has 0 aliphatic carbocycles. The zero-order valence-corrected chi connectivity index (χ0v) is 14.5. The summed E-state index contributed by atoms with van der Waals surface area (Å²) < 4.78 is 1.36. The van der Waals surface area contributed by atoms with E-state index in [1.807, 2.05) is 4.90 Å². The number of aromatic amines is 1. The first-order valence-electron chi connectivity index (χ1n) is 8.55. The van der Waals surface area contributed by atoms with E-state index >= 15 is 0 Å². The number of rotatable bonds is 2. The minimum absolute atomic E-state index is 0.0469. The Labute approximate surface area is 144 Å². The molecule has 0 spiro atoms. The van der Waals surface area contributed by atoms with Crippen molar-refractivity contribution < 1.29 is 4.79 Å². The van der Waals surface area contributed by atoms with E-state index < -0.39 is 11.2 Å². The SMILES string of the molecule is CN1C[C@@H]2CN(C(=O)Cn3c(=O)[nH]c(=O)c4ccccc43)C[C@]2(C)C1. The molecule has 2 fully saturated rings. The van der Waals surface area contributed by atoms with E-state index in [1.54, 1.807) is 24.3 Å². The lowest BCUT2D eigenvalue weighted by molar-refractivity contribution is -0.131. The second-order valence-corrected chi connectivity index (χ2v) is 7.68. The lowest BCUT2D eigenvalue weighted by Gasteiger charge is -2.24. The molecule has 2 aromatic rings. The molecule has 2 atom stereocenters. The van der Waals surface area contributed by atoms with Crippen LogP contribution in [0.4, 0.5) is 0 Å². The number of H-pyrrole nitrogens is 1. The first-order valence-corrected chi connectivity index (χ1v) is 8.55. The molecule has 2 aliphatic heterocycles. The summed E-state index contributed by atoms with van der Waals surface area (Å²) in [7, 11) is 2.11. The van der Waals surface area contributed by atoms with Crippen molar-refractivity contribution in [2.75, 3.05) is 33.2 Å². The molecule has 4 rings (SSSR count). The van der Waals surface area contributed by atoms with Crippen molar-refractivity contribution in [3.8, 4) is 0 Å². The summed E-state index contributed by atoms with van der Waals surface area (Å²) >= 11 is 0. The van der Waals surface area contributed by atoms with Crippen LogP contribution < -0.4 is 11.2 Å². The third-order valence-electron chi connectivity index (χ3n) is 5.69. The Balaban J connectivity index is 1.62. The predicted octanol–water partition coefficient (Wildman–Crippen LogP) is 0.0999. The minimum Gasteiger partial charge on any atom is -0.340 e. The first-order chi connectivity index (χ1) is 11.9. The second kappa shape index (κ2) is 5.56. The number of aromatic nitrogens is 2. The van der Waals surface area contributed by atoms with Crippen LogP contribution in [-0.4, -0.2) is 58.5 Å². The Morgan fingerprint density at radius 3 is 2.76 bits per heavy atom. The summed E-state index contributed by atoms with van der Waals surface area (Å²) in [5.74, 6) is 0.406. The highest BCUT2D eigenvalue weighted by molar-refractivity contribution is 5.81. The van der Waals surface area contributed by atoms with Gasteiger partial charge in [0.2, 0.25) is 5.91 Å². The summed E-state index contributed by atoms with van der Waals surface area (Å²) in [6, 6.07) is 6.87. The maximum atomic E-state index is 12.8. The topological polar surface area (TPSA) is 78.4 Å². The highest BCUT2D eigenvalue weighted by atomic mass is 16.2. The standard InChI is InChI=1S/C18H22N4O3/c1-18-10-20(2)7-12(18)8-21(11-18)15(23)9-22-14-6-4-3-5-13(14)16(24)19-17(22)25/h3-6,12H,7-11H2,1-2H3,(H,19,24,25)/t12-,18+/m1/s1. The maximum absolute atomic E-state index is 12.8. The highest BCUT2D eigenvalue weighted by Crippen LogP contribution is 2.41. The van der Waals surface area contributed by atoms with Crippen molar-refractivity contribution in [1.82, 2.24) is 19.4 Å². The number of benzene rings is 1. The van der Waals surface area contributed by atoms with Crippen LogP contribution in [0.25, 0.3) is 10.9 Å². The van der Waals surface area contributed by atoms with Gasteiger partial charge in [-0.3, -0.25) is 19.1 Å². The van der Waals surface area contributed by atoms with Gasteiger partial charge in [0.05, 0.1) is 10.9 Å². The summed E-state index contributed by atoms with van der Waals surface area (Å²) in [4.78, 5) is 43.5. The summed E-state index contributed by atoms with van der Waals surface area (Å²) in [5.41, 5.74) is -0.338. The van der Waals surface area contributed by atoms with Crippen LogP contribution in [0, 0.1) is 11.3 Å². The molecule has 2 aliphatic rings. The predicted molar refractivity (Wildman–Crippen MR) is 94.5 cm³/mol. The molecular weight excluding hydrogens is 320 g/mol. The number of hydrogen-bond acceptors (Lipinski definition) is 4. The molecule has 2 saturated heterocycles. The Hall–Kier alpha value is -2.41. The van der Waals surface area contributed by atoms with Gasteiger partial charge >= 0.3 is 5.69 Å². The number of nitrogens with zero attached hydrogens (tertiary/aromatic N) is 3. The average molecular weight is 342 g/mol. The molecule has 7 nitrogen and oxygen atoms in total. The lowest BCUT2D eigenvalue weighted by Crippen LogP contribution is -2.40. The van der Waals surface area contributed by atoms with Crippen molar-refractivity contribution in [1.29, 1.82) is 0 Å². The molecule has 1 N–H and O–H groups in total. The van der Waals surface area contributed by atoms with Gasteiger partial charge in [-0.1, -0.05) is 19.1 Å². The molecule has 0 radical (unpaired) electrons. The molecular formula is C18H22N4O3. The third kappa shape index (κ3) is 2.59. The van der Waals surface area contributed by atoms with Crippen LogP contribution in [0.3, 0.4) is 0 Å². The normalized spacial score (nSPS) is 26.3. The molecule has 3 heterocycles. The van der Waals surface area contributed by atoms with Gasteiger partial charge in [-0.2, -0.15) is 0 Å². The van der Waals surface area contributed by atoms with E-state index in [9.17, 15) is 14.4 Å². The molecule has 1 amide bonds. The Morgan fingerprint density at radius 2 is 2.00 bits per heavy atom. The van der Waals surface area contributed by atoms with Crippen LogP contribution in [-0.2, 0) is 11.3 Å². The Kier molecular flexibility index (Phi) is 3.57. The van der Waals surface area contributed by atoms with E-state index in [-0.39, 0.29) is 17.9 Å². The summed E-state index contributed by atoms with van der Waals surface area (Å²) in [6.07, 6.45) is 0. The molecule has 25 heavy (non-hydrogen) atoms. The van der Waals surface area contributed by atoms with Gasteiger partial charge < -0.3 is 9.80 Å². The minimum atomic E-state index is -0.539. The number of hydrogen-bond donors (Lipinski definition) is 1. The van der Waals surface area contributed by atoms with Gasteiger partial charge in [0.25, 0.3) is 5.56 Å². The van der Waals surface area contributed by atoms with Gasteiger partial charge in [0.1, 0.15) is 6.54 Å². The van der Waals surface area contributed by atoms with Crippen molar-refractivity contribution in [3.05, 3.63) is 45.1 Å². The average Bonchev–Trinajstić information content (AvgIpc) is 3.01. The van der Waals surface area contributed by atoms with Gasteiger partial charge in [-0.25, -0.2) is 4.79 Å². The van der Waals surface area contributed by atoms with Crippen LogP contribution >= 0.6 is 0 Å². The Bertz CT molecular complexity index is 963. The molecule has 0 saturated carbocycles. The second-order valence-electron chi connectivity index (χ2n) is 7.68. The van der Waals surface area contributed by atoms with Gasteiger partial charge in [-0.05, 0) is 25.1 Å². The molecule has 1 aromatic heterocycles. The van der Waals surface area contributed by atoms with Crippen molar-refractivity contribution >= 4 is 16.8 Å². The summed E-state index contributed by atoms with van der Waals surface area (Å²) in [5, 5.41) is 0.418. The number of para-hydroxylation sites is 1. The van der Waals surface area contributed by atoms with Gasteiger partial charge in [-0.15, -0.1) is 0 Å².